The zero-order valence-corrected chi connectivity index (χ0v) is 12.0. The number of hydrogen-bond donors (Lipinski definition) is 2. The molecule has 1 unspecified atom stereocenters. The van der Waals surface area contributed by atoms with Crippen molar-refractivity contribution in [3.8, 4) is 0 Å². The lowest BCUT2D eigenvalue weighted by molar-refractivity contribution is 0.0157. The molecule has 1 fully saturated rings. The second-order valence-corrected chi connectivity index (χ2v) is 6.44. The summed E-state index contributed by atoms with van der Waals surface area (Å²) in [6, 6.07) is 3.86. The molecule has 1 atom stereocenters. The maximum atomic E-state index is 11.7. The molecular weight excluding hydrogens is 268 g/mol. The molecule has 0 aliphatic carbocycles. The minimum atomic E-state index is -0.176. The standard InChI is InChI=1S/C12H18N2O2S2/c1-16-12(4-6-17-9-12)8-14-11(15)13-7-10-3-2-5-18-10/h2-3,5H,4,6-9H2,1H3,(H2,13,14,15). The van der Waals surface area contributed by atoms with Gasteiger partial charge in [0.05, 0.1) is 12.1 Å². The molecule has 0 aromatic carbocycles. The number of hydrogen-bond acceptors (Lipinski definition) is 4. The van der Waals surface area contributed by atoms with Crippen molar-refractivity contribution in [3.63, 3.8) is 0 Å². The molecule has 1 saturated heterocycles. The number of thiophene rings is 1. The molecule has 0 saturated carbocycles. The third-order valence-electron chi connectivity index (χ3n) is 3.07. The van der Waals surface area contributed by atoms with E-state index >= 15 is 0 Å². The number of rotatable bonds is 5. The van der Waals surface area contributed by atoms with Gasteiger partial charge < -0.3 is 15.4 Å². The van der Waals surface area contributed by atoms with Crippen LogP contribution in [0.1, 0.15) is 11.3 Å². The fourth-order valence-corrected chi connectivity index (χ4v) is 3.89. The van der Waals surface area contributed by atoms with Crippen LogP contribution in [0.2, 0.25) is 0 Å². The lowest BCUT2D eigenvalue weighted by Crippen LogP contribution is -2.47. The number of amides is 2. The summed E-state index contributed by atoms with van der Waals surface area (Å²) in [5, 5.41) is 7.75. The number of carbonyl (C=O) groups excluding carboxylic acids is 1. The first-order valence-corrected chi connectivity index (χ1v) is 7.94. The molecule has 6 heteroatoms. The molecule has 1 aliphatic heterocycles. The first-order chi connectivity index (χ1) is 8.74. The van der Waals surface area contributed by atoms with E-state index in [4.69, 9.17) is 4.74 Å². The first kappa shape index (κ1) is 13.7. The lowest BCUT2D eigenvalue weighted by atomic mass is 10.0. The Bertz CT molecular complexity index is 375. The summed E-state index contributed by atoms with van der Waals surface area (Å²) in [4.78, 5) is 12.8. The SMILES string of the molecule is COC1(CNC(=O)NCc2cccs2)CCSC1. The van der Waals surface area contributed by atoms with Gasteiger partial charge in [0, 0.05) is 24.3 Å². The van der Waals surface area contributed by atoms with E-state index in [0.717, 1.165) is 22.8 Å². The Labute approximate surface area is 115 Å². The highest BCUT2D eigenvalue weighted by atomic mass is 32.2. The molecule has 0 radical (unpaired) electrons. The number of urea groups is 1. The van der Waals surface area contributed by atoms with Crippen LogP contribution >= 0.6 is 23.1 Å². The maximum Gasteiger partial charge on any atom is 0.315 e. The fourth-order valence-electron chi connectivity index (χ4n) is 1.85. The van der Waals surface area contributed by atoms with Crippen molar-refractivity contribution >= 4 is 29.1 Å². The minimum absolute atomic E-state index is 0.128. The van der Waals surface area contributed by atoms with Crippen molar-refractivity contribution in [2.45, 2.75) is 18.6 Å². The smallest absolute Gasteiger partial charge is 0.315 e. The minimum Gasteiger partial charge on any atom is -0.376 e. The Hall–Kier alpha value is -0.720. The van der Waals surface area contributed by atoms with Crippen LogP contribution in [-0.2, 0) is 11.3 Å². The van der Waals surface area contributed by atoms with Crippen LogP contribution in [0.25, 0.3) is 0 Å². The molecule has 4 nitrogen and oxygen atoms in total. The highest BCUT2D eigenvalue weighted by molar-refractivity contribution is 7.99. The van der Waals surface area contributed by atoms with E-state index in [1.807, 2.05) is 29.3 Å². The molecule has 1 aliphatic rings. The van der Waals surface area contributed by atoms with Crippen LogP contribution in [-0.4, -0.2) is 36.8 Å². The zero-order valence-electron chi connectivity index (χ0n) is 10.4. The highest BCUT2D eigenvalue weighted by Gasteiger charge is 2.34. The van der Waals surface area contributed by atoms with E-state index in [-0.39, 0.29) is 11.6 Å². The molecular formula is C12H18N2O2S2. The normalized spacial score (nSPS) is 22.9. The Morgan fingerprint density at radius 2 is 2.44 bits per heavy atom. The average Bonchev–Trinajstić information content (AvgIpc) is 3.06. The molecule has 2 heterocycles. The van der Waals surface area contributed by atoms with E-state index in [1.54, 1.807) is 18.4 Å². The van der Waals surface area contributed by atoms with Gasteiger partial charge in [-0.1, -0.05) is 6.07 Å². The van der Waals surface area contributed by atoms with Crippen LogP contribution in [0.5, 0.6) is 0 Å². The number of methoxy groups -OCH3 is 1. The Balaban J connectivity index is 1.71. The number of nitrogens with one attached hydrogen (secondary N) is 2. The van der Waals surface area contributed by atoms with E-state index in [2.05, 4.69) is 10.6 Å². The number of thioether (sulfide) groups is 1. The summed E-state index contributed by atoms with van der Waals surface area (Å²) in [5.41, 5.74) is -0.176. The Morgan fingerprint density at radius 1 is 1.56 bits per heavy atom. The Kier molecular flexibility index (Phi) is 4.91. The van der Waals surface area contributed by atoms with Crippen LogP contribution in [0.3, 0.4) is 0 Å². The zero-order chi connectivity index (χ0) is 12.8. The third-order valence-corrected chi connectivity index (χ3v) is 5.17. The van der Waals surface area contributed by atoms with E-state index in [9.17, 15) is 4.79 Å². The molecule has 1 aromatic heterocycles. The summed E-state index contributed by atoms with van der Waals surface area (Å²) in [5.74, 6) is 2.06. The highest BCUT2D eigenvalue weighted by Crippen LogP contribution is 2.30. The number of carbonyl (C=O) groups is 1. The fraction of sp³-hybridized carbons (Fsp3) is 0.583. The van der Waals surface area contributed by atoms with Gasteiger partial charge in [-0.05, 0) is 23.6 Å². The summed E-state index contributed by atoms with van der Waals surface area (Å²) in [6.45, 7) is 1.16. The van der Waals surface area contributed by atoms with Crippen molar-refractivity contribution in [1.82, 2.24) is 10.6 Å². The van der Waals surface area contributed by atoms with Crippen molar-refractivity contribution in [2.75, 3.05) is 25.2 Å². The van der Waals surface area contributed by atoms with Gasteiger partial charge in [0.15, 0.2) is 0 Å². The summed E-state index contributed by atoms with van der Waals surface area (Å²) < 4.78 is 5.54. The van der Waals surface area contributed by atoms with Crippen molar-refractivity contribution in [2.24, 2.45) is 0 Å². The van der Waals surface area contributed by atoms with Gasteiger partial charge in [0.2, 0.25) is 0 Å². The van der Waals surface area contributed by atoms with Gasteiger partial charge in [-0.25, -0.2) is 4.79 Å². The van der Waals surface area contributed by atoms with Gasteiger partial charge in [-0.15, -0.1) is 11.3 Å². The second kappa shape index (κ2) is 6.45. The van der Waals surface area contributed by atoms with Crippen molar-refractivity contribution < 1.29 is 9.53 Å². The van der Waals surface area contributed by atoms with Crippen molar-refractivity contribution in [3.05, 3.63) is 22.4 Å². The molecule has 2 amide bonds. The lowest BCUT2D eigenvalue weighted by Gasteiger charge is -2.26. The average molecular weight is 286 g/mol. The van der Waals surface area contributed by atoms with Gasteiger partial charge in [0.25, 0.3) is 0 Å². The molecule has 100 valence electrons. The Morgan fingerprint density at radius 3 is 3.06 bits per heavy atom. The predicted molar refractivity (Wildman–Crippen MR) is 76.2 cm³/mol. The van der Waals surface area contributed by atoms with Gasteiger partial charge >= 0.3 is 6.03 Å². The van der Waals surface area contributed by atoms with E-state index < -0.39 is 0 Å². The van der Waals surface area contributed by atoms with E-state index in [0.29, 0.717) is 13.1 Å². The molecule has 1 aromatic rings. The molecule has 0 bridgehead atoms. The third kappa shape index (κ3) is 3.63. The quantitative estimate of drug-likeness (QED) is 0.871. The summed E-state index contributed by atoms with van der Waals surface area (Å²) in [7, 11) is 1.72. The molecule has 0 spiro atoms. The maximum absolute atomic E-state index is 11.7. The number of ether oxygens (including phenoxy) is 1. The predicted octanol–water partition coefficient (Wildman–Crippen LogP) is 2.07. The largest absolute Gasteiger partial charge is 0.376 e. The first-order valence-electron chi connectivity index (χ1n) is 5.91. The van der Waals surface area contributed by atoms with Gasteiger partial charge in [-0.3, -0.25) is 0 Å². The topological polar surface area (TPSA) is 50.4 Å². The summed E-state index contributed by atoms with van der Waals surface area (Å²) in [6.07, 6.45) is 0.999. The van der Waals surface area contributed by atoms with Crippen LogP contribution in [0.4, 0.5) is 4.79 Å². The molecule has 18 heavy (non-hydrogen) atoms. The molecule has 2 N–H and O–H groups in total. The van der Waals surface area contributed by atoms with Crippen LogP contribution < -0.4 is 10.6 Å². The second-order valence-electron chi connectivity index (χ2n) is 4.31. The van der Waals surface area contributed by atoms with E-state index in [1.165, 1.54) is 0 Å². The van der Waals surface area contributed by atoms with Gasteiger partial charge in [-0.2, -0.15) is 11.8 Å². The van der Waals surface area contributed by atoms with Crippen LogP contribution in [0, 0.1) is 0 Å². The van der Waals surface area contributed by atoms with Crippen LogP contribution in [0.15, 0.2) is 17.5 Å². The molecule has 2 rings (SSSR count). The monoisotopic (exact) mass is 286 g/mol. The van der Waals surface area contributed by atoms with Gasteiger partial charge in [0.1, 0.15) is 0 Å². The van der Waals surface area contributed by atoms with Crippen molar-refractivity contribution in [1.29, 1.82) is 0 Å². The summed E-state index contributed by atoms with van der Waals surface area (Å²) >= 11 is 3.52.